The quantitative estimate of drug-likeness (QED) is 0.133. The molecule has 0 aliphatic carbocycles. The molecule has 6 heteroatoms. The van der Waals surface area contributed by atoms with Crippen molar-refractivity contribution in [2.24, 2.45) is 0 Å². The Kier molecular flexibility index (Phi) is 14.6. The maximum absolute atomic E-state index is 12.1. The van der Waals surface area contributed by atoms with Gasteiger partial charge in [-0.15, -0.1) is 81.2 Å². The molecule has 7 aromatic rings. The second-order valence-corrected chi connectivity index (χ2v) is 17.6. The molecule has 0 saturated carbocycles. The molecule has 0 unspecified atom stereocenters. The molecule has 7 aromatic carbocycles. The van der Waals surface area contributed by atoms with Crippen molar-refractivity contribution in [2.75, 3.05) is 0 Å². The van der Waals surface area contributed by atoms with Crippen LogP contribution in [-0.2, 0) is 23.3 Å². The average Bonchev–Trinajstić information content (AvgIpc) is 3.62. The van der Waals surface area contributed by atoms with Crippen LogP contribution in [0.15, 0.2) is 152 Å². The number of aromatic hydroxyl groups is 2. The summed E-state index contributed by atoms with van der Waals surface area (Å²) in [6.45, 7) is 6.60. The molecule has 0 amide bonds. The molecule has 2 nitrogen and oxygen atoms in total. The van der Waals surface area contributed by atoms with Crippen molar-refractivity contribution in [3.05, 3.63) is 174 Å². The molecule has 0 spiro atoms. The second kappa shape index (κ2) is 18.6. The minimum atomic E-state index is -0.576. The maximum Gasteiger partial charge on any atom is 0.164 e. The van der Waals surface area contributed by atoms with Crippen molar-refractivity contribution in [2.45, 2.75) is 20.4 Å². The summed E-state index contributed by atoms with van der Waals surface area (Å²) in [5.74, 6) is -1.75. The van der Waals surface area contributed by atoms with Gasteiger partial charge in [0.25, 0.3) is 0 Å². The Hall–Kier alpha value is -4.12. The topological polar surface area (TPSA) is 40.5 Å². The van der Waals surface area contributed by atoms with Crippen LogP contribution in [0.3, 0.4) is 0 Å². The SMILES string of the molecule is C[Si](=[Zr+2])c1ccccc1.Cc1cc2ccccc2[cH-]1.Cc1cc2ccccc2[cH-]1.Oc1ccccc1F.Oc1ccccc1F. The summed E-state index contributed by atoms with van der Waals surface area (Å²) in [6, 6.07) is 47.6. The summed E-state index contributed by atoms with van der Waals surface area (Å²) in [6.07, 6.45) is 0. The Balaban J connectivity index is 0.000000154. The van der Waals surface area contributed by atoms with Crippen LogP contribution in [0.2, 0.25) is 6.55 Å². The van der Waals surface area contributed by atoms with Crippen LogP contribution in [0.25, 0.3) is 21.5 Å². The predicted octanol–water partition coefficient (Wildman–Crippen LogP) is 9.86. The third kappa shape index (κ3) is 12.4. The predicted molar refractivity (Wildman–Crippen MR) is 182 cm³/mol. The Labute approximate surface area is 279 Å². The maximum atomic E-state index is 12.1. The smallest absolute Gasteiger partial charge is 0.164 e. The Morgan fingerprint density at radius 1 is 0.533 bits per heavy atom. The van der Waals surface area contributed by atoms with Gasteiger partial charge in [0, 0.05) is 0 Å². The number of fused-ring (bicyclic) bond motifs is 2. The molecule has 0 saturated heterocycles. The first-order valence-corrected chi connectivity index (χ1v) is 20.0. The van der Waals surface area contributed by atoms with E-state index < -0.39 is 11.6 Å². The van der Waals surface area contributed by atoms with Gasteiger partial charge in [-0.2, -0.15) is 12.1 Å². The van der Waals surface area contributed by atoms with E-state index in [9.17, 15) is 8.78 Å². The van der Waals surface area contributed by atoms with E-state index in [1.165, 1.54) is 69.1 Å². The number of phenolic OH excluding ortho intramolecular Hbond substituents is 2. The van der Waals surface area contributed by atoms with Gasteiger partial charge in [0.1, 0.15) is 0 Å². The number of rotatable bonds is 1. The molecule has 0 bridgehead atoms. The summed E-state index contributed by atoms with van der Waals surface area (Å²) >= 11 is 1.69. The van der Waals surface area contributed by atoms with E-state index in [0.29, 0.717) is 0 Å². The first kappa shape index (κ1) is 35.4. The van der Waals surface area contributed by atoms with E-state index in [1.807, 2.05) is 0 Å². The molecule has 0 atom stereocenters. The van der Waals surface area contributed by atoms with Crippen molar-refractivity contribution < 1.29 is 42.3 Å². The van der Waals surface area contributed by atoms with E-state index >= 15 is 0 Å². The van der Waals surface area contributed by atoms with Crippen LogP contribution in [0, 0.1) is 25.5 Å². The van der Waals surface area contributed by atoms with E-state index in [2.05, 4.69) is 124 Å². The number of hydrogen-bond acceptors (Lipinski definition) is 2. The second-order valence-electron chi connectivity index (χ2n) is 10.2. The molecule has 0 aromatic heterocycles. The van der Waals surface area contributed by atoms with Crippen LogP contribution >= 0.6 is 0 Å². The third-order valence-corrected chi connectivity index (χ3v) is 9.76. The van der Waals surface area contributed by atoms with Gasteiger partial charge in [-0.25, -0.2) is 8.78 Å². The molecule has 45 heavy (non-hydrogen) atoms. The Morgan fingerprint density at radius 2 is 0.889 bits per heavy atom. The Bertz CT molecular complexity index is 1690. The van der Waals surface area contributed by atoms with Gasteiger partial charge >= 0.3 is 70.8 Å². The van der Waals surface area contributed by atoms with Crippen LogP contribution in [0.1, 0.15) is 11.1 Å². The summed E-state index contributed by atoms with van der Waals surface area (Å²) in [5, 5.41) is 24.0. The van der Waals surface area contributed by atoms with Gasteiger partial charge < -0.3 is 10.2 Å². The summed E-state index contributed by atoms with van der Waals surface area (Å²) < 4.78 is 24.1. The van der Waals surface area contributed by atoms with E-state index in [-0.39, 0.29) is 16.9 Å². The van der Waals surface area contributed by atoms with E-state index in [0.717, 1.165) is 0 Å². The fourth-order valence-electron chi connectivity index (χ4n) is 4.20. The number of para-hydroxylation sites is 2. The zero-order valence-electron chi connectivity index (χ0n) is 25.6. The third-order valence-electron chi connectivity index (χ3n) is 6.44. The number of halogens is 2. The van der Waals surface area contributed by atoms with Crippen molar-refractivity contribution in [1.29, 1.82) is 0 Å². The standard InChI is InChI=1S/2C10H9.C7H8Si.2C6H5FO.Zr/c2*1-8-6-9-4-2-3-5-10(9)7-8;1-8-7-5-3-2-4-6-7;2*7-5-3-1-2-4-6(5)8;/h2*2-7H,1H3;2-6H,1H3;2*1-4,8H;/q2*-1;;;;+2. The molecule has 7 rings (SSSR count). The zero-order chi connectivity index (χ0) is 32.6. The molecule has 0 aliphatic rings. The van der Waals surface area contributed by atoms with Crippen molar-refractivity contribution in [3.63, 3.8) is 0 Å². The van der Waals surface area contributed by atoms with Gasteiger partial charge in [0.15, 0.2) is 23.1 Å². The minimum absolute atomic E-state index is 0.122. The molecule has 226 valence electrons. The minimum Gasteiger partial charge on any atom is -0.505 e. The molecule has 0 aliphatic heterocycles. The van der Waals surface area contributed by atoms with Gasteiger partial charge in [0.05, 0.1) is 0 Å². The summed E-state index contributed by atoms with van der Waals surface area (Å²) in [7, 11) is 0. The number of aryl methyl sites for hydroxylation is 2. The summed E-state index contributed by atoms with van der Waals surface area (Å²) in [5.41, 5.74) is 2.57. The number of benzene rings is 5. The van der Waals surface area contributed by atoms with Crippen molar-refractivity contribution in [1.82, 2.24) is 0 Å². The van der Waals surface area contributed by atoms with Crippen molar-refractivity contribution >= 4 is 32.2 Å². The largest absolute Gasteiger partial charge is 0.505 e. The number of phenols is 2. The summed E-state index contributed by atoms with van der Waals surface area (Å²) in [4.78, 5) is 0. The van der Waals surface area contributed by atoms with Gasteiger partial charge in [-0.3, -0.25) is 0 Å². The molecule has 0 fully saturated rings. The fourth-order valence-corrected chi connectivity index (χ4v) is 6.13. The molecular formula is C39H36F2O2SiZr. The van der Waals surface area contributed by atoms with Crippen LogP contribution in [-0.4, -0.2) is 15.6 Å². The van der Waals surface area contributed by atoms with Crippen LogP contribution in [0.5, 0.6) is 11.5 Å². The molecular weight excluding hydrogens is 658 g/mol. The van der Waals surface area contributed by atoms with Gasteiger partial charge in [0.2, 0.25) is 0 Å². The van der Waals surface area contributed by atoms with E-state index in [4.69, 9.17) is 10.2 Å². The molecule has 0 radical (unpaired) electrons. The van der Waals surface area contributed by atoms with Crippen molar-refractivity contribution in [3.8, 4) is 11.5 Å². The van der Waals surface area contributed by atoms with E-state index in [1.54, 1.807) is 40.7 Å². The van der Waals surface area contributed by atoms with Gasteiger partial charge in [-0.1, -0.05) is 50.2 Å². The average molecular weight is 694 g/mol. The first-order valence-electron chi connectivity index (χ1n) is 14.4. The molecule has 2 N–H and O–H groups in total. The number of hydrogen-bond donors (Lipinski definition) is 2. The van der Waals surface area contributed by atoms with Gasteiger partial charge in [-0.05, 0) is 24.3 Å². The fraction of sp³-hybridized carbons (Fsp3) is 0.0769. The van der Waals surface area contributed by atoms with Crippen LogP contribution in [0.4, 0.5) is 8.78 Å². The first-order chi connectivity index (χ1) is 21.6. The zero-order valence-corrected chi connectivity index (χ0v) is 29.0. The monoisotopic (exact) mass is 692 g/mol. The Morgan fingerprint density at radius 3 is 1.20 bits per heavy atom. The van der Waals surface area contributed by atoms with Crippen LogP contribution < -0.4 is 5.19 Å². The normalized spacial score (nSPS) is 9.76. The molecule has 0 heterocycles.